The Morgan fingerprint density at radius 1 is 0.814 bits per heavy atom. The molecule has 6 aliphatic rings. The first-order valence-corrected chi connectivity index (χ1v) is 26.9. The lowest BCUT2D eigenvalue weighted by Crippen LogP contribution is -2.68. The van der Waals surface area contributed by atoms with Gasteiger partial charge >= 0.3 is 0 Å². The molecule has 3 saturated carbocycles. The predicted molar refractivity (Wildman–Crippen MR) is 252 cm³/mol. The average molecular weight is 937 g/mol. The van der Waals surface area contributed by atoms with Gasteiger partial charge in [-0.25, -0.2) is 0 Å². The maximum atomic E-state index is 7.48. The van der Waals surface area contributed by atoms with E-state index in [0.29, 0.717) is 12.0 Å². The predicted octanol–water partition coefficient (Wildman–Crippen LogP) is 12.0. The van der Waals surface area contributed by atoms with Gasteiger partial charge in [-0.2, -0.15) is 0 Å². The number of benzene rings is 2. The molecule has 0 unspecified atom stereocenters. The van der Waals surface area contributed by atoms with E-state index in [-0.39, 0.29) is 38.8 Å². The van der Waals surface area contributed by atoms with Gasteiger partial charge in [0.15, 0.2) is 12.1 Å². The van der Waals surface area contributed by atoms with Gasteiger partial charge in [0.25, 0.3) is 8.32 Å². The van der Waals surface area contributed by atoms with E-state index in [1.807, 2.05) is 13.8 Å². The zero-order valence-corrected chi connectivity index (χ0v) is 41.3. The smallest absolute Gasteiger partial charge is 0.261 e. The molecule has 2 aromatic rings. The topological polar surface area (TPSA) is 46.2 Å². The zero-order chi connectivity index (χ0) is 42.0. The van der Waals surface area contributed by atoms with E-state index >= 15 is 0 Å². The summed E-state index contributed by atoms with van der Waals surface area (Å²) in [5, 5.41) is 2.40. The number of alkyl halides is 1. The molecule has 2 aliphatic heterocycles. The van der Waals surface area contributed by atoms with Gasteiger partial charge in [0.05, 0.1) is 16.6 Å². The number of fused-ring (bicyclic) bond motifs is 6. The lowest BCUT2D eigenvalue weighted by atomic mass is 9.47. The van der Waals surface area contributed by atoms with Crippen LogP contribution >= 0.6 is 22.6 Å². The van der Waals surface area contributed by atoms with Crippen molar-refractivity contribution in [1.82, 2.24) is 0 Å². The molecule has 7 heteroatoms. The summed E-state index contributed by atoms with van der Waals surface area (Å²) >= 11 is 2.53. The normalized spacial score (nSPS) is 38.5. The molecule has 5 nitrogen and oxygen atoms in total. The summed E-state index contributed by atoms with van der Waals surface area (Å²) in [6, 6.07) is 21.8. The van der Waals surface area contributed by atoms with Crippen LogP contribution in [0.15, 0.2) is 72.3 Å². The van der Waals surface area contributed by atoms with E-state index in [1.165, 1.54) is 68.2 Å². The Labute approximate surface area is 373 Å². The van der Waals surface area contributed by atoms with Gasteiger partial charge in [-0.05, 0) is 127 Å². The van der Waals surface area contributed by atoms with Crippen molar-refractivity contribution in [2.45, 2.75) is 185 Å². The van der Waals surface area contributed by atoms with E-state index in [0.717, 1.165) is 48.3 Å². The van der Waals surface area contributed by atoms with Crippen LogP contribution in [0.25, 0.3) is 0 Å². The quantitative estimate of drug-likeness (QED) is 0.0918. The van der Waals surface area contributed by atoms with Gasteiger partial charge in [-0.15, -0.1) is 0 Å². The Morgan fingerprint density at radius 3 is 2.12 bits per heavy atom. The summed E-state index contributed by atoms with van der Waals surface area (Å²) in [5.41, 5.74) is 2.47. The summed E-state index contributed by atoms with van der Waals surface area (Å²) in [6.45, 7) is 24.2. The van der Waals surface area contributed by atoms with Crippen molar-refractivity contribution < 1.29 is 23.4 Å². The summed E-state index contributed by atoms with van der Waals surface area (Å²) < 4.78 is 35.1. The van der Waals surface area contributed by atoms with Crippen LogP contribution in [0.5, 0.6) is 0 Å². The molecule has 0 spiro atoms. The first-order valence-electron chi connectivity index (χ1n) is 23.7. The van der Waals surface area contributed by atoms with Crippen molar-refractivity contribution in [3.63, 3.8) is 0 Å². The number of rotatable bonds is 12. The fraction of sp³-hybridized carbons (Fsp3) is 0.731. The van der Waals surface area contributed by atoms with Crippen molar-refractivity contribution in [2.75, 3.05) is 6.61 Å². The van der Waals surface area contributed by atoms with Crippen LogP contribution in [0.2, 0.25) is 5.04 Å². The van der Waals surface area contributed by atoms with E-state index in [1.54, 1.807) is 5.57 Å². The Morgan fingerprint density at radius 2 is 1.47 bits per heavy atom. The molecule has 8 rings (SSSR count). The summed E-state index contributed by atoms with van der Waals surface area (Å²) in [6.07, 6.45) is 16.2. The highest BCUT2D eigenvalue weighted by Gasteiger charge is 2.61. The minimum atomic E-state index is -2.80. The summed E-state index contributed by atoms with van der Waals surface area (Å²) in [5.74, 6) is 4.39. The molecule has 0 radical (unpaired) electrons. The van der Waals surface area contributed by atoms with E-state index in [9.17, 15) is 0 Å². The van der Waals surface area contributed by atoms with E-state index in [4.69, 9.17) is 23.4 Å². The van der Waals surface area contributed by atoms with Crippen LogP contribution in [-0.4, -0.2) is 55.3 Å². The van der Waals surface area contributed by atoms with Crippen molar-refractivity contribution >= 4 is 41.3 Å². The number of halogens is 1. The molecule has 2 saturated heterocycles. The van der Waals surface area contributed by atoms with Gasteiger partial charge < -0.3 is 23.4 Å². The van der Waals surface area contributed by atoms with Gasteiger partial charge in [-0.1, -0.05) is 170 Å². The van der Waals surface area contributed by atoms with Gasteiger partial charge in [0.2, 0.25) is 0 Å². The highest BCUT2D eigenvalue weighted by molar-refractivity contribution is 14.1. The molecule has 2 aromatic carbocycles. The molecular formula is C52H77IO5Si. The first kappa shape index (κ1) is 44.5. The van der Waals surface area contributed by atoms with E-state index in [2.05, 4.69) is 145 Å². The van der Waals surface area contributed by atoms with Crippen molar-refractivity contribution in [2.24, 2.45) is 46.3 Å². The lowest BCUT2D eigenvalue weighted by molar-refractivity contribution is -0.248. The molecule has 0 N–H and O–H groups in total. The summed E-state index contributed by atoms with van der Waals surface area (Å²) in [4.78, 5) is 0. The third-order valence-corrected chi connectivity index (χ3v) is 23.2. The van der Waals surface area contributed by atoms with Crippen LogP contribution in [0.4, 0.5) is 0 Å². The van der Waals surface area contributed by atoms with Gasteiger partial charge in [-0.3, -0.25) is 0 Å². The van der Waals surface area contributed by atoms with Crippen LogP contribution < -0.4 is 10.4 Å². The SMILES string of the molecule is CC(C)CCC[C@@H](C)[C@H]1CC[C@H]2[C@@H]3CC=C4C[C@@H](O[C@H]5O[C@H](CO[Si](c6ccccc6)(c6ccccc6)C(C)(C)C)[C@@H]6OC(C)(C)O[C@@H]6[C@@H]5I)CC[C@]4(C)[C@H]3CC[C@]12C. The van der Waals surface area contributed by atoms with Crippen molar-refractivity contribution in [3.05, 3.63) is 72.3 Å². The monoisotopic (exact) mass is 936 g/mol. The molecule has 0 amide bonds. The summed E-state index contributed by atoms with van der Waals surface area (Å²) in [7, 11) is -2.80. The molecule has 4 aliphatic carbocycles. The maximum Gasteiger partial charge on any atom is 0.261 e. The zero-order valence-electron chi connectivity index (χ0n) is 38.2. The standard InChI is InChI=1S/C52H77IO5Si/c1-34(2)18-17-19-35(3)41-26-27-42-40-25-24-36-32-37(28-30-51(36,9)43(40)29-31-52(41,42)10)55-48-45(53)47-46(57-50(7,8)58-47)44(56-48)33-54-59(49(4,5)6,38-20-13-11-14-21-38)39-22-15-12-16-23-39/h11-16,20-24,34-35,37,40-48H,17-19,25-33H2,1-10H3/t35-,37+,40+,41-,42+,43+,44-,45+,46+,47-,48+,51+,52-/m1/s1. The number of ether oxygens (including phenoxy) is 4. The van der Waals surface area contributed by atoms with Crippen LogP contribution in [0.3, 0.4) is 0 Å². The van der Waals surface area contributed by atoms with Crippen LogP contribution in [-0.2, 0) is 23.4 Å². The number of hydrogen-bond donors (Lipinski definition) is 0. The second-order valence-corrected chi connectivity index (χ2v) is 28.1. The molecule has 59 heavy (non-hydrogen) atoms. The third kappa shape index (κ3) is 8.29. The van der Waals surface area contributed by atoms with Gasteiger partial charge in [0, 0.05) is 0 Å². The molecule has 13 atom stereocenters. The Hall–Kier alpha value is -1.07. The van der Waals surface area contributed by atoms with Crippen molar-refractivity contribution in [1.29, 1.82) is 0 Å². The number of allylic oxidation sites excluding steroid dienone is 1. The number of hydrogen-bond acceptors (Lipinski definition) is 5. The second kappa shape index (κ2) is 17.1. The second-order valence-electron chi connectivity index (χ2n) is 22.3. The maximum absolute atomic E-state index is 7.48. The fourth-order valence-electron chi connectivity index (χ4n) is 14.0. The van der Waals surface area contributed by atoms with E-state index < -0.39 is 20.4 Å². The molecule has 5 fully saturated rings. The average Bonchev–Trinajstić information content (AvgIpc) is 3.73. The molecule has 0 aromatic heterocycles. The van der Waals surface area contributed by atoms with Crippen LogP contribution in [0.1, 0.15) is 140 Å². The third-order valence-electron chi connectivity index (χ3n) is 16.9. The molecule has 326 valence electrons. The Kier molecular flexibility index (Phi) is 12.9. The minimum Gasteiger partial charge on any atom is -0.405 e. The highest BCUT2D eigenvalue weighted by atomic mass is 127. The lowest BCUT2D eigenvalue weighted by Gasteiger charge is -2.58. The molecule has 2 heterocycles. The largest absolute Gasteiger partial charge is 0.405 e. The Bertz CT molecular complexity index is 1720. The molecule has 0 bridgehead atoms. The minimum absolute atomic E-state index is 0.000569. The van der Waals surface area contributed by atoms with Crippen LogP contribution in [0, 0.1) is 46.3 Å². The molecular weight excluding hydrogens is 860 g/mol. The fourth-order valence-corrected chi connectivity index (χ4v) is 19.5. The highest BCUT2D eigenvalue weighted by Crippen LogP contribution is 2.67. The van der Waals surface area contributed by atoms with Crippen molar-refractivity contribution in [3.8, 4) is 0 Å². The Balaban J connectivity index is 0.981. The van der Waals surface area contributed by atoms with Gasteiger partial charge in [0.1, 0.15) is 18.3 Å². The first-order chi connectivity index (χ1) is 28.0.